The van der Waals surface area contributed by atoms with Crippen LogP contribution >= 0.6 is 22.7 Å². The third-order valence-corrected chi connectivity index (χ3v) is 8.11. The predicted molar refractivity (Wildman–Crippen MR) is 103 cm³/mol. The highest BCUT2D eigenvalue weighted by Crippen LogP contribution is 2.46. The molecule has 2 bridgehead atoms. The second kappa shape index (κ2) is 6.24. The second-order valence-electron chi connectivity index (χ2n) is 7.89. The van der Waals surface area contributed by atoms with E-state index in [4.69, 9.17) is 0 Å². The van der Waals surface area contributed by atoms with Gasteiger partial charge in [-0.1, -0.05) is 0 Å². The molecule has 4 rings (SSSR count). The minimum Gasteiger partial charge on any atom is -0.380 e. The van der Waals surface area contributed by atoms with Crippen LogP contribution in [0.4, 0.5) is 0 Å². The van der Waals surface area contributed by atoms with Crippen LogP contribution in [0.15, 0.2) is 21.5 Å². The molecule has 2 aromatic heterocycles. The first-order valence-electron chi connectivity index (χ1n) is 9.00. The summed E-state index contributed by atoms with van der Waals surface area (Å²) >= 11 is 3.41. The first-order chi connectivity index (χ1) is 11.5. The molecule has 0 aromatic carbocycles. The summed E-state index contributed by atoms with van der Waals surface area (Å²) in [4.78, 5) is 2.58. The van der Waals surface area contributed by atoms with Crippen molar-refractivity contribution in [2.75, 3.05) is 7.05 Å². The van der Waals surface area contributed by atoms with Gasteiger partial charge in [0.05, 0.1) is 0 Å². The Bertz CT molecular complexity index is 665. The van der Waals surface area contributed by atoms with E-state index in [1.807, 2.05) is 0 Å². The van der Waals surface area contributed by atoms with Crippen LogP contribution in [0.25, 0.3) is 0 Å². The van der Waals surface area contributed by atoms with Gasteiger partial charge >= 0.3 is 0 Å². The molecule has 0 amide bonds. The Kier molecular flexibility index (Phi) is 4.36. The standard InChI is InChI=1S/C20H27NOS2/c1-13-9-23-11-18(13)20(22,19-12-24-10-14(19)2)8-15-6-16-4-5-17(7-15)21(16)3/h9-12,15-17,22H,4-8H2,1-3H3. The van der Waals surface area contributed by atoms with E-state index in [-0.39, 0.29) is 0 Å². The van der Waals surface area contributed by atoms with Crippen LogP contribution in [0.1, 0.15) is 54.4 Å². The lowest BCUT2D eigenvalue weighted by Gasteiger charge is -2.40. The van der Waals surface area contributed by atoms with Gasteiger partial charge in [-0.2, -0.15) is 22.7 Å². The number of piperidine rings is 1. The number of aliphatic hydroxyl groups is 1. The number of rotatable bonds is 4. The molecule has 4 heterocycles. The Labute approximate surface area is 153 Å². The van der Waals surface area contributed by atoms with Gasteiger partial charge in [-0.05, 0) is 91.6 Å². The fraction of sp³-hybridized carbons (Fsp3) is 0.600. The maximum atomic E-state index is 11.9. The minimum atomic E-state index is -0.825. The van der Waals surface area contributed by atoms with Crippen LogP contribution in [0.5, 0.6) is 0 Å². The first-order valence-corrected chi connectivity index (χ1v) is 10.9. The van der Waals surface area contributed by atoms with Crippen molar-refractivity contribution in [3.63, 3.8) is 0 Å². The van der Waals surface area contributed by atoms with E-state index >= 15 is 0 Å². The Balaban J connectivity index is 1.67. The molecule has 2 aliphatic rings. The first kappa shape index (κ1) is 16.8. The molecular formula is C20H27NOS2. The number of nitrogens with zero attached hydrogens (tertiary/aromatic N) is 1. The summed E-state index contributed by atoms with van der Waals surface area (Å²) in [6.45, 7) is 4.27. The van der Waals surface area contributed by atoms with Gasteiger partial charge in [-0.15, -0.1) is 0 Å². The van der Waals surface area contributed by atoms with Crippen molar-refractivity contribution in [1.82, 2.24) is 4.90 Å². The summed E-state index contributed by atoms with van der Waals surface area (Å²) in [7, 11) is 2.29. The van der Waals surface area contributed by atoms with Crippen LogP contribution in [-0.2, 0) is 5.60 Å². The van der Waals surface area contributed by atoms with Gasteiger partial charge in [0.2, 0.25) is 0 Å². The van der Waals surface area contributed by atoms with E-state index in [1.54, 1.807) is 22.7 Å². The molecular weight excluding hydrogens is 334 g/mol. The molecule has 2 saturated heterocycles. The summed E-state index contributed by atoms with van der Waals surface area (Å²) in [6.07, 6.45) is 6.02. The zero-order valence-corrected chi connectivity index (χ0v) is 16.4. The van der Waals surface area contributed by atoms with E-state index in [1.165, 1.54) is 36.8 Å². The molecule has 130 valence electrons. The van der Waals surface area contributed by atoms with Crippen LogP contribution in [0.2, 0.25) is 0 Å². The Hall–Kier alpha value is -0.680. The van der Waals surface area contributed by atoms with Crippen LogP contribution in [-0.4, -0.2) is 29.1 Å². The largest absolute Gasteiger partial charge is 0.380 e. The lowest BCUT2D eigenvalue weighted by atomic mass is 9.75. The van der Waals surface area contributed by atoms with Gasteiger partial charge in [0.1, 0.15) is 5.60 Å². The van der Waals surface area contributed by atoms with Gasteiger partial charge in [0, 0.05) is 23.2 Å². The van der Waals surface area contributed by atoms with E-state index in [0.29, 0.717) is 5.92 Å². The van der Waals surface area contributed by atoms with Crippen molar-refractivity contribution in [3.05, 3.63) is 43.8 Å². The number of aryl methyl sites for hydroxylation is 2. The lowest BCUT2D eigenvalue weighted by Crippen LogP contribution is -2.42. The van der Waals surface area contributed by atoms with Crippen molar-refractivity contribution < 1.29 is 5.11 Å². The van der Waals surface area contributed by atoms with Gasteiger partial charge in [0.25, 0.3) is 0 Å². The van der Waals surface area contributed by atoms with Gasteiger partial charge in [0.15, 0.2) is 0 Å². The Morgan fingerprint density at radius 2 is 1.50 bits per heavy atom. The van der Waals surface area contributed by atoms with Gasteiger partial charge in [-0.25, -0.2) is 0 Å². The van der Waals surface area contributed by atoms with Crippen molar-refractivity contribution in [3.8, 4) is 0 Å². The molecule has 2 aromatic rings. The topological polar surface area (TPSA) is 23.5 Å². The summed E-state index contributed by atoms with van der Waals surface area (Å²) in [5, 5.41) is 20.6. The quantitative estimate of drug-likeness (QED) is 0.835. The molecule has 2 nitrogen and oxygen atoms in total. The molecule has 2 fully saturated rings. The highest BCUT2D eigenvalue weighted by Gasteiger charge is 2.43. The van der Waals surface area contributed by atoms with Gasteiger partial charge in [-0.3, -0.25) is 0 Å². The predicted octanol–water partition coefficient (Wildman–Crippen LogP) is 4.93. The molecule has 2 atom stereocenters. The maximum Gasteiger partial charge on any atom is 0.117 e. The minimum absolute atomic E-state index is 0.613. The number of thiophene rings is 2. The Morgan fingerprint density at radius 3 is 1.92 bits per heavy atom. The summed E-state index contributed by atoms with van der Waals surface area (Å²) in [5.74, 6) is 0.613. The average molecular weight is 362 g/mol. The fourth-order valence-electron chi connectivity index (χ4n) is 5.04. The van der Waals surface area contributed by atoms with E-state index in [2.05, 4.69) is 47.3 Å². The number of hydrogen-bond donors (Lipinski definition) is 1. The van der Waals surface area contributed by atoms with E-state index in [9.17, 15) is 5.11 Å². The third kappa shape index (κ3) is 2.68. The molecule has 2 aliphatic heterocycles. The monoisotopic (exact) mass is 361 g/mol. The maximum absolute atomic E-state index is 11.9. The molecule has 0 aliphatic carbocycles. The smallest absolute Gasteiger partial charge is 0.117 e. The molecule has 4 heteroatoms. The zero-order chi connectivity index (χ0) is 16.9. The highest BCUT2D eigenvalue weighted by molar-refractivity contribution is 7.08. The summed E-state index contributed by atoms with van der Waals surface area (Å²) in [6, 6.07) is 1.45. The zero-order valence-electron chi connectivity index (χ0n) is 14.8. The van der Waals surface area contributed by atoms with Crippen molar-refractivity contribution in [1.29, 1.82) is 0 Å². The molecule has 1 N–H and O–H groups in total. The number of hydrogen-bond acceptors (Lipinski definition) is 4. The van der Waals surface area contributed by atoms with Crippen molar-refractivity contribution in [2.45, 2.75) is 63.6 Å². The lowest BCUT2D eigenvalue weighted by molar-refractivity contribution is 0.0265. The number of fused-ring (bicyclic) bond motifs is 2. The molecule has 0 radical (unpaired) electrons. The molecule has 24 heavy (non-hydrogen) atoms. The molecule has 2 unspecified atom stereocenters. The van der Waals surface area contributed by atoms with Crippen LogP contribution in [0, 0.1) is 19.8 Å². The van der Waals surface area contributed by atoms with E-state index in [0.717, 1.165) is 29.6 Å². The fourth-order valence-corrected chi connectivity index (χ4v) is 6.87. The average Bonchev–Trinajstić information content (AvgIpc) is 3.20. The molecule has 0 spiro atoms. The van der Waals surface area contributed by atoms with Gasteiger partial charge < -0.3 is 10.0 Å². The third-order valence-electron chi connectivity index (χ3n) is 6.38. The second-order valence-corrected chi connectivity index (χ2v) is 9.38. The Morgan fingerprint density at radius 1 is 1.00 bits per heavy atom. The van der Waals surface area contributed by atoms with Crippen molar-refractivity contribution >= 4 is 22.7 Å². The van der Waals surface area contributed by atoms with Crippen molar-refractivity contribution in [2.24, 2.45) is 5.92 Å². The SMILES string of the molecule is Cc1cscc1C(O)(CC1CC2CCC(C1)N2C)c1cscc1C. The van der Waals surface area contributed by atoms with Crippen LogP contribution in [0.3, 0.4) is 0 Å². The van der Waals surface area contributed by atoms with Crippen LogP contribution < -0.4 is 0 Å². The molecule has 0 saturated carbocycles. The van der Waals surface area contributed by atoms with E-state index < -0.39 is 5.60 Å². The summed E-state index contributed by atoms with van der Waals surface area (Å²) < 4.78 is 0. The normalized spacial score (nSPS) is 27.8. The highest BCUT2D eigenvalue weighted by atomic mass is 32.1. The summed E-state index contributed by atoms with van der Waals surface area (Å²) in [5.41, 5.74) is 3.88.